The van der Waals surface area contributed by atoms with Gasteiger partial charge in [0.2, 0.25) is 21.8 Å². The van der Waals surface area contributed by atoms with E-state index in [4.69, 9.17) is 4.74 Å². The van der Waals surface area contributed by atoms with E-state index in [1.54, 1.807) is 23.1 Å². The van der Waals surface area contributed by atoms with Gasteiger partial charge in [-0.2, -0.15) is 0 Å². The Hall–Kier alpha value is -2.13. The van der Waals surface area contributed by atoms with E-state index in [1.807, 2.05) is 13.8 Å². The number of hydrogen-bond acceptors (Lipinski definition) is 5. The minimum atomic E-state index is -3.69. The highest BCUT2D eigenvalue weighted by molar-refractivity contribution is 7.92. The molecule has 1 heterocycles. The average Bonchev–Trinajstić information content (AvgIpc) is 2.51. The molecule has 144 valence electrons. The molecule has 1 saturated heterocycles. The Morgan fingerprint density at radius 1 is 1.27 bits per heavy atom. The molecule has 0 aliphatic carbocycles. The molecular formula is C17H25N3O5S. The van der Waals surface area contributed by atoms with Gasteiger partial charge in [0.15, 0.2) is 0 Å². The van der Waals surface area contributed by atoms with Crippen molar-refractivity contribution < 1.29 is 22.7 Å². The van der Waals surface area contributed by atoms with Crippen LogP contribution in [0, 0.1) is 0 Å². The van der Waals surface area contributed by atoms with Crippen molar-refractivity contribution in [3.05, 3.63) is 24.3 Å². The van der Waals surface area contributed by atoms with Gasteiger partial charge in [-0.15, -0.1) is 0 Å². The van der Waals surface area contributed by atoms with Crippen molar-refractivity contribution in [2.24, 2.45) is 0 Å². The third kappa shape index (κ3) is 5.70. The second-order valence-corrected chi connectivity index (χ2v) is 8.69. The fraction of sp³-hybridized carbons (Fsp3) is 0.529. The SMILES string of the molecule is CC(=O)Nc1cccc(NS(=O)(=O)CCC(=O)N2CCOCC2(C)C)c1. The number of ether oxygens (including phenoxy) is 1. The summed E-state index contributed by atoms with van der Waals surface area (Å²) in [4.78, 5) is 25.2. The molecule has 1 aromatic rings. The van der Waals surface area contributed by atoms with Crippen molar-refractivity contribution >= 4 is 33.2 Å². The molecule has 0 aromatic heterocycles. The van der Waals surface area contributed by atoms with Crippen molar-refractivity contribution in [1.29, 1.82) is 0 Å². The zero-order chi connectivity index (χ0) is 19.4. The lowest BCUT2D eigenvalue weighted by Gasteiger charge is -2.42. The Bertz CT molecular complexity index is 776. The number of carbonyl (C=O) groups excluding carboxylic acids is 2. The molecular weight excluding hydrogens is 358 g/mol. The topological polar surface area (TPSA) is 105 Å². The monoisotopic (exact) mass is 383 g/mol. The Kier molecular flexibility index (Phi) is 6.25. The minimum absolute atomic E-state index is 0.107. The first kappa shape index (κ1) is 20.2. The summed E-state index contributed by atoms with van der Waals surface area (Å²) in [5.41, 5.74) is 0.374. The third-order valence-corrected chi connectivity index (χ3v) is 5.28. The van der Waals surface area contributed by atoms with Crippen LogP contribution < -0.4 is 10.0 Å². The van der Waals surface area contributed by atoms with Gasteiger partial charge in [-0.1, -0.05) is 6.07 Å². The fourth-order valence-corrected chi connectivity index (χ4v) is 3.80. The van der Waals surface area contributed by atoms with Crippen LogP contribution in [0.1, 0.15) is 27.2 Å². The quantitative estimate of drug-likeness (QED) is 0.773. The summed E-state index contributed by atoms with van der Waals surface area (Å²) in [5, 5.41) is 2.59. The maximum atomic E-state index is 12.4. The van der Waals surface area contributed by atoms with Gasteiger partial charge in [-0.25, -0.2) is 8.42 Å². The number of anilines is 2. The molecule has 2 N–H and O–H groups in total. The van der Waals surface area contributed by atoms with Crippen LogP contribution in [-0.4, -0.2) is 56.2 Å². The van der Waals surface area contributed by atoms with Gasteiger partial charge in [0, 0.05) is 25.6 Å². The van der Waals surface area contributed by atoms with Gasteiger partial charge in [0.1, 0.15) is 0 Å². The predicted molar refractivity (Wildman–Crippen MR) is 99.4 cm³/mol. The van der Waals surface area contributed by atoms with Crippen LogP contribution in [0.15, 0.2) is 24.3 Å². The molecule has 0 saturated carbocycles. The first-order chi connectivity index (χ1) is 12.1. The molecule has 9 heteroatoms. The Balaban J connectivity index is 1.96. The lowest BCUT2D eigenvalue weighted by Crippen LogP contribution is -2.55. The Morgan fingerprint density at radius 3 is 2.62 bits per heavy atom. The second kappa shape index (κ2) is 8.05. The first-order valence-corrected chi connectivity index (χ1v) is 10.0. The summed E-state index contributed by atoms with van der Waals surface area (Å²) in [6.45, 7) is 6.50. The zero-order valence-corrected chi connectivity index (χ0v) is 16.1. The van der Waals surface area contributed by atoms with E-state index < -0.39 is 15.6 Å². The van der Waals surface area contributed by atoms with E-state index in [0.29, 0.717) is 31.1 Å². The number of sulfonamides is 1. The molecule has 26 heavy (non-hydrogen) atoms. The van der Waals surface area contributed by atoms with Crippen molar-refractivity contribution in [3.8, 4) is 0 Å². The van der Waals surface area contributed by atoms with Crippen LogP contribution in [0.2, 0.25) is 0 Å². The maximum absolute atomic E-state index is 12.4. The van der Waals surface area contributed by atoms with Gasteiger partial charge in [-0.3, -0.25) is 14.3 Å². The van der Waals surface area contributed by atoms with Crippen LogP contribution in [0.5, 0.6) is 0 Å². The van der Waals surface area contributed by atoms with Crippen LogP contribution in [-0.2, 0) is 24.3 Å². The van der Waals surface area contributed by atoms with E-state index in [0.717, 1.165) is 0 Å². The normalized spacial score (nSPS) is 16.8. The molecule has 1 aliphatic rings. The minimum Gasteiger partial charge on any atom is -0.377 e. The number of rotatable bonds is 6. The highest BCUT2D eigenvalue weighted by atomic mass is 32.2. The molecule has 2 rings (SSSR count). The lowest BCUT2D eigenvalue weighted by molar-refractivity contribution is -0.145. The number of benzene rings is 1. The summed E-state index contributed by atoms with van der Waals surface area (Å²) >= 11 is 0. The van der Waals surface area contributed by atoms with Gasteiger partial charge in [0.05, 0.1) is 30.2 Å². The molecule has 2 amide bonds. The number of amides is 2. The molecule has 1 aromatic carbocycles. The molecule has 0 atom stereocenters. The van der Waals surface area contributed by atoms with Gasteiger partial charge in [-0.05, 0) is 32.0 Å². The fourth-order valence-electron chi connectivity index (χ4n) is 2.77. The molecule has 0 radical (unpaired) electrons. The zero-order valence-electron chi connectivity index (χ0n) is 15.2. The smallest absolute Gasteiger partial charge is 0.233 e. The van der Waals surface area contributed by atoms with E-state index in [1.165, 1.54) is 13.0 Å². The van der Waals surface area contributed by atoms with Gasteiger partial charge >= 0.3 is 0 Å². The standard InChI is InChI=1S/C17H25N3O5S/c1-13(21)18-14-5-4-6-15(11-14)19-26(23,24)10-7-16(22)20-8-9-25-12-17(20,2)3/h4-6,11,19H,7-10,12H2,1-3H3,(H,18,21). The summed E-state index contributed by atoms with van der Waals surface area (Å²) in [6.07, 6.45) is -0.107. The van der Waals surface area contributed by atoms with E-state index in [-0.39, 0.29) is 24.0 Å². The van der Waals surface area contributed by atoms with Crippen molar-refractivity contribution in [3.63, 3.8) is 0 Å². The molecule has 0 spiro atoms. The van der Waals surface area contributed by atoms with E-state index in [2.05, 4.69) is 10.0 Å². The molecule has 1 fully saturated rings. The maximum Gasteiger partial charge on any atom is 0.233 e. The first-order valence-electron chi connectivity index (χ1n) is 8.35. The Labute approximate surface area is 153 Å². The number of nitrogens with zero attached hydrogens (tertiary/aromatic N) is 1. The van der Waals surface area contributed by atoms with Crippen LogP contribution in [0.4, 0.5) is 11.4 Å². The molecule has 1 aliphatic heterocycles. The lowest BCUT2D eigenvalue weighted by atomic mass is 10.0. The van der Waals surface area contributed by atoms with Crippen molar-refractivity contribution in [1.82, 2.24) is 4.90 Å². The molecule has 0 bridgehead atoms. The Morgan fingerprint density at radius 2 is 1.96 bits per heavy atom. The van der Waals surface area contributed by atoms with E-state index >= 15 is 0 Å². The average molecular weight is 383 g/mol. The van der Waals surface area contributed by atoms with Crippen LogP contribution in [0.3, 0.4) is 0 Å². The molecule has 0 unspecified atom stereocenters. The number of carbonyl (C=O) groups is 2. The van der Waals surface area contributed by atoms with Gasteiger partial charge < -0.3 is 15.0 Å². The highest BCUT2D eigenvalue weighted by Gasteiger charge is 2.34. The van der Waals surface area contributed by atoms with Crippen LogP contribution >= 0.6 is 0 Å². The summed E-state index contributed by atoms with van der Waals surface area (Å²) in [7, 11) is -3.69. The summed E-state index contributed by atoms with van der Waals surface area (Å²) < 4.78 is 32.4. The summed E-state index contributed by atoms with van der Waals surface area (Å²) in [6, 6.07) is 6.38. The third-order valence-electron chi connectivity index (χ3n) is 3.99. The summed E-state index contributed by atoms with van der Waals surface area (Å²) in [5.74, 6) is -0.775. The van der Waals surface area contributed by atoms with E-state index in [9.17, 15) is 18.0 Å². The largest absolute Gasteiger partial charge is 0.377 e. The van der Waals surface area contributed by atoms with Gasteiger partial charge in [0.25, 0.3) is 0 Å². The predicted octanol–water partition coefficient (Wildman–Crippen LogP) is 1.41. The number of morpholine rings is 1. The second-order valence-electron chi connectivity index (χ2n) is 6.84. The van der Waals surface area contributed by atoms with Crippen LogP contribution in [0.25, 0.3) is 0 Å². The molecule has 8 nitrogen and oxygen atoms in total. The van der Waals surface area contributed by atoms with Crippen molar-refractivity contribution in [2.45, 2.75) is 32.7 Å². The van der Waals surface area contributed by atoms with Crippen molar-refractivity contribution in [2.75, 3.05) is 35.6 Å². The number of nitrogens with one attached hydrogen (secondary N) is 2. The highest BCUT2D eigenvalue weighted by Crippen LogP contribution is 2.21. The number of hydrogen-bond donors (Lipinski definition) is 2.